The Morgan fingerprint density at radius 2 is 1.81 bits per heavy atom. The molecule has 1 saturated heterocycles. The minimum atomic E-state index is -5.01. The number of nitrogens with one attached hydrogen (secondary N) is 3. The van der Waals surface area contributed by atoms with Crippen molar-refractivity contribution in [3.8, 4) is 0 Å². The van der Waals surface area contributed by atoms with Crippen molar-refractivity contribution in [1.82, 2.24) is 19.6 Å². The minimum absolute atomic E-state index is 0.196. The SMILES string of the molecule is CC1(CNc2nc(Nc3ccc4c(c3)C3CCC4N3C(=O)C(F)(F)F)ncc2C(F)(F)F)C=CC=NC1NS(C)(=O)=O. The Bertz CT molecular complexity index is 1580. The molecule has 0 radical (unpaired) electrons. The summed E-state index contributed by atoms with van der Waals surface area (Å²) in [6.45, 7) is 1.41. The number of halogens is 6. The number of hydrogen-bond donors (Lipinski definition) is 3. The smallest absolute Gasteiger partial charge is 0.368 e. The molecule has 4 atom stereocenters. The predicted molar refractivity (Wildman–Crippen MR) is 140 cm³/mol. The molecular formula is C25H25F6N7O3S. The molecule has 42 heavy (non-hydrogen) atoms. The number of allylic oxidation sites excluding steroid dienone is 1. The van der Waals surface area contributed by atoms with Gasteiger partial charge < -0.3 is 15.5 Å². The number of carbonyl (C=O) groups excluding carboxylic acids is 1. The largest absolute Gasteiger partial charge is 0.471 e. The molecule has 4 heterocycles. The Morgan fingerprint density at radius 3 is 2.45 bits per heavy atom. The molecule has 2 bridgehead atoms. The maximum Gasteiger partial charge on any atom is 0.471 e. The van der Waals surface area contributed by atoms with Gasteiger partial charge in [0.25, 0.3) is 0 Å². The lowest BCUT2D eigenvalue weighted by molar-refractivity contribution is -0.188. The summed E-state index contributed by atoms with van der Waals surface area (Å²) >= 11 is 0. The summed E-state index contributed by atoms with van der Waals surface area (Å²) in [4.78, 5) is 24.7. The Kier molecular flexibility index (Phi) is 7.24. The quantitative estimate of drug-likeness (QED) is 0.392. The highest BCUT2D eigenvalue weighted by Gasteiger charge is 2.54. The maximum absolute atomic E-state index is 13.8. The molecule has 10 nitrogen and oxygen atoms in total. The molecule has 4 unspecified atom stereocenters. The highest BCUT2D eigenvalue weighted by atomic mass is 32.2. The lowest BCUT2D eigenvalue weighted by Gasteiger charge is -2.34. The molecule has 1 fully saturated rings. The summed E-state index contributed by atoms with van der Waals surface area (Å²) in [5.74, 6) is -2.72. The van der Waals surface area contributed by atoms with Crippen molar-refractivity contribution in [3.63, 3.8) is 0 Å². The summed E-state index contributed by atoms with van der Waals surface area (Å²) in [5, 5.41) is 5.44. The van der Waals surface area contributed by atoms with Crippen molar-refractivity contribution >= 4 is 39.6 Å². The highest BCUT2D eigenvalue weighted by Crippen LogP contribution is 2.54. The van der Waals surface area contributed by atoms with Crippen LogP contribution in [0.4, 0.5) is 43.8 Å². The number of benzene rings is 1. The lowest BCUT2D eigenvalue weighted by Crippen LogP contribution is -2.48. The Morgan fingerprint density at radius 1 is 1.12 bits per heavy atom. The maximum atomic E-state index is 13.8. The lowest BCUT2D eigenvalue weighted by atomic mass is 9.85. The second kappa shape index (κ2) is 10.2. The fraction of sp³-hybridized carbons (Fsp3) is 0.440. The number of aromatic nitrogens is 2. The number of dihydropyridines is 1. The molecule has 5 rings (SSSR count). The van der Waals surface area contributed by atoms with Gasteiger partial charge in [-0.15, -0.1) is 0 Å². The number of amides is 1. The molecule has 2 aromatic rings. The van der Waals surface area contributed by atoms with Gasteiger partial charge in [0.2, 0.25) is 16.0 Å². The van der Waals surface area contributed by atoms with E-state index in [1.54, 1.807) is 25.1 Å². The number of alkyl halides is 6. The monoisotopic (exact) mass is 617 g/mol. The number of fused-ring (bicyclic) bond motifs is 5. The number of anilines is 3. The average molecular weight is 618 g/mol. The van der Waals surface area contributed by atoms with Gasteiger partial charge in [0.15, 0.2) is 0 Å². The van der Waals surface area contributed by atoms with E-state index in [0.29, 0.717) is 35.9 Å². The van der Waals surface area contributed by atoms with Gasteiger partial charge in [-0.2, -0.15) is 36.0 Å². The van der Waals surface area contributed by atoms with E-state index in [2.05, 4.69) is 30.3 Å². The van der Waals surface area contributed by atoms with Crippen molar-refractivity contribution in [3.05, 3.63) is 53.2 Å². The molecule has 226 valence electrons. The molecule has 1 aromatic carbocycles. The third-order valence-electron chi connectivity index (χ3n) is 7.40. The van der Waals surface area contributed by atoms with Gasteiger partial charge in [0.05, 0.1) is 18.3 Å². The highest BCUT2D eigenvalue weighted by molar-refractivity contribution is 7.88. The van der Waals surface area contributed by atoms with E-state index in [-0.39, 0.29) is 12.5 Å². The third kappa shape index (κ3) is 5.79. The molecule has 1 aromatic heterocycles. The van der Waals surface area contributed by atoms with Crippen LogP contribution < -0.4 is 15.4 Å². The average Bonchev–Trinajstić information content (AvgIpc) is 3.43. The second-order valence-corrected chi connectivity index (χ2v) is 12.3. The Balaban J connectivity index is 1.39. The minimum Gasteiger partial charge on any atom is -0.368 e. The fourth-order valence-electron chi connectivity index (χ4n) is 5.47. The van der Waals surface area contributed by atoms with Crippen LogP contribution in [-0.4, -0.2) is 60.6 Å². The zero-order valence-electron chi connectivity index (χ0n) is 22.1. The number of rotatable bonds is 7. The van der Waals surface area contributed by atoms with E-state index in [1.165, 1.54) is 18.3 Å². The van der Waals surface area contributed by atoms with Crippen molar-refractivity contribution in [2.45, 2.75) is 50.4 Å². The van der Waals surface area contributed by atoms with Crippen molar-refractivity contribution < 1.29 is 39.6 Å². The standard InChI is InChI=1S/C25H25F6N7O3S/c1-23(8-3-9-32-20(23)37-42(2,40)41)12-34-19-16(24(26,27)28)11-33-22(36-19)35-13-4-5-14-15(10-13)18-7-6-17(14)38(18)21(39)25(29,30)31/h3-5,8-11,17-18,20,37H,6-7,12H2,1-2H3,(H2,33,34,35,36). The molecule has 3 aliphatic heterocycles. The first-order chi connectivity index (χ1) is 19.5. The van der Waals surface area contributed by atoms with Gasteiger partial charge in [-0.3, -0.25) is 9.79 Å². The Labute approximate surface area is 236 Å². The summed E-state index contributed by atoms with van der Waals surface area (Å²) in [6.07, 6.45) is -4.05. The van der Waals surface area contributed by atoms with Crippen LogP contribution in [0.15, 0.2) is 41.5 Å². The van der Waals surface area contributed by atoms with Crippen LogP contribution in [-0.2, 0) is 21.0 Å². The van der Waals surface area contributed by atoms with E-state index < -0.39 is 63.3 Å². The fourth-order valence-corrected chi connectivity index (χ4v) is 6.20. The number of sulfonamides is 1. The third-order valence-corrected chi connectivity index (χ3v) is 8.05. The van der Waals surface area contributed by atoms with Crippen LogP contribution in [0.25, 0.3) is 0 Å². The molecule has 0 spiro atoms. The van der Waals surface area contributed by atoms with E-state index in [9.17, 15) is 39.6 Å². The van der Waals surface area contributed by atoms with E-state index >= 15 is 0 Å². The summed E-state index contributed by atoms with van der Waals surface area (Å²) in [7, 11) is -3.69. The predicted octanol–water partition coefficient (Wildman–Crippen LogP) is 4.45. The number of nitrogens with zero attached hydrogens (tertiary/aromatic N) is 4. The number of aliphatic imine (C=N–C) groups is 1. The summed E-state index contributed by atoms with van der Waals surface area (Å²) in [5.41, 5.74) is -0.835. The van der Waals surface area contributed by atoms with Gasteiger partial charge >= 0.3 is 18.3 Å². The van der Waals surface area contributed by atoms with E-state index in [0.717, 1.165) is 11.2 Å². The zero-order valence-corrected chi connectivity index (χ0v) is 22.9. The van der Waals surface area contributed by atoms with E-state index in [4.69, 9.17) is 0 Å². The van der Waals surface area contributed by atoms with Crippen LogP contribution in [0.3, 0.4) is 0 Å². The molecule has 3 aliphatic rings. The topological polar surface area (TPSA) is 129 Å². The first kappa shape index (κ1) is 29.8. The molecule has 0 aliphatic carbocycles. The normalized spacial score (nSPS) is 25.0. The van der Waals surface area contributed by atoms with Crippen molar-refractivity contribution in [2.75, 3.05) is 23.4 Å². The summed E-state index contributed by atoms with van der Waals surface area (Å²) in [6, 6.07) is 3.17. The van der Waals surface area contributed by atoms with Gasteiger partial charge in [-0.1, -0.05) is 19.1 Å². The van der Waals surface area contributed by atoms with Crippen molar-refractivity contribution in [2.24, 2.45) is 10.4 Å². The van der Waals surface area contributed by atoms with Crippen LogP contribution in [0.2, 0.25) is 0 Å². The van der Waals surface area contributed by atoms with Crippen LogP contribution in [0, 0.1) is 5.41 Å². The Hall–Kier alpha value is -3.73. The molecule has 1 amide bonds. The van der Waals surface area contributed by atoms with Gasteiger partial charge in [-0.05, 0) is 42.2 Å². The van der Waals surface area contributed by atoms with Gasteiger partial charge in [0.1, 0.15) is 17.5 Å². The first-order valence-corrected chi connectivity index (χ1v) is 14.5. The first-order valence-electron chi connectivity index (χ1n) is 12.6. The summed E-state index contributed by atoms with van der Waals surface area (Å²) < 4.78 is 107. The zero-order chi connectivity index (χ0) is 30.7. The van der Waals surface area contributed by atoms with Crippen LogP contribution in [0.5, 0.6) is 0 Å². The molecule has 17 heteroatoms. The number of carbonyl (C=O) groups is 1. The number of hydrogen-bond acceptors (Lipinski definition) is 8. The van der Waals surface area contributed by atoms with E-state index in [1.807, 2.05) is 0 Å². The molecule has 0 saturated carbocycles. The van der Waals surface area contributed by atoms with Crippen LogP contribution in [0.1, 0.15) is 48.5 Å². The molecule has 3 N–H and O–H groups in total. The van der Waals surface area contributed by atoms with Gasteiger partial charge in [-0.25, -0.2) is 13.4 Å². The second-order valence-electron chi connectivity index (χ2n) is 10.6. The molecular weight excluding hydrogens is 592 g/mol. The van der Waals surface area contributed by atoms with Crippen LogP contribution >= 0.6 is 0 Å². The van der Waals surface area contributed by atoms with Gasteiger partial charge in [0, 0.05) is 30.1 Å². The van der Waals surface area contributed by atoms with Crippen molar-refractivity contribution in [1.29, 1.82) is 0 Å².